The quantitative estimate of drug-likeness (QED) is 0.858. The van der Waals surface area contributed by atoms with Gasteiger partial charge in [-0.2, -0.15) is 0 Å². The second-order valence-corrected chi connectivity index (χ2v) is 8.73. The zero-order chi connectivity index (χ0) is 19.4. The van der Waals surface area contributed by atoms with Crippen molar-refractivity contribution >= 4 is 5.91 Å². The minimum Gasteiger partial charge on any atom is -0.370 e. The molecule has 1 aliphatic carbocycles. The molecule has 28 heavy (non-hydrogen) atoms. The van der Waals surface area contributed by atoms with Crippen molar-refractivity contribution in [3.05, 3.63) is 35.4 Å². The van der Waals surface area contributed by atoms with Gasteiger partial charge in [0, 0.05) is 48.7 Å². The predicted molar refractivity (Wildman–Crippen MR) is 99.4 cm³/mol. The Hall–Kier alpha value is -1.57. The Morgan fingerprint density at radius 1 is 1.11 bits per heavy atom. The highest BCUT2D eigenvalue weighted by Crippen LogP contribution is 2.40. The summed E-state index contributed by atoms with van der Waals surface area (Å²) >= 11 is 0. The number of fused-ring (bicyclic) bond motifs is 1. The summed E-state index contributed by atoms with van der Waals surface area (Å²) in [7, 11) is 0. The van der Waals surface area contributed by atoms with Crippen LogP contribution in [0.4, 0.5) is 8.78 Å². The van der Waals surface area contributed by atoms with Crippen molar-refractivity contribution in [3.8, 4) is 0 Å². The van der Waals surface area contributed by atoms with Gasteiger partial charge in [-0.25, -0.2) is 8.78 Å². The molecule has 1 saturated carbocycles. The van der Waals surface area contributed by atoms with Gasteiger partial charge in [0.15, 0.2) is 0 Å². The number of rotatable bonds is 3. The third-order valence-electron chi connectivity index (χ3n) is 6.96. The van der Waals surface area contributed by atoms with Gasteiger partial charge in [0.25, 0.3) is 0 Å². The van der Waals surface area contributed by atoms with E-state index >= 15 is 0 Å². The molecule has 5 rings (SSSR count). The molecule has 5 atom stereocenters. The molecule has 5 nitrogen and oxygen atoms in total. The first-order valence-corrected chi connectivity index (χ1v) is 10.4. The van der Waals surface area contributed by atoms with Crippen molar-refractivity contribution in [1.29, 1.82) is 0 Å². The first-order chi connectivity index (χ1) is 13.5. The van der Waals surface area contributed by atoms with E-state index in [0.717, 1.165) is 50.9 Å². The summed E-state index contributed by atoms with van der Waals surface area (Å²) in [6, 6.07) is 3.86. The Morgan fingerprint density at radius 2 is 1.89 bits per heavy atom. The minimum atomic E-state index is -0.623. The summed E-state index contributed by atoms with van der Waals surface area (Å²) in [6.45, 7) is 2.23. The Bertz CT molecular complexity index is 772. The molecule has 1 amide bonds. The average Bonchev–Trinajstić information content (AvgIpc) is 3.32. The summed E-state index contributed by atoms with van der Waals surface area (Å²) in [6.07, 6.45) is 4.13. The summed E-state index contributed by atoms with van der Waals surface area (Å²) < 4.78 is 33.7. The summed E-state index contributed by atoms with van der Waals surface area (Å²) in [5.74, 6) is -0.358. The zero-order valence-corrected chi connectivity index (χ0v) is 15.9. The number of carbonyl (C=O) groups excluding carboxylic acids is 1. The van der Waals surface area contributed by atoms with E-state index in [4.69, 9.17) is 10.5 Å². The molecule has 0 radical (unpaired) electrons. The van der Waals surface area contributed by atoms with Crippen molar-refractivity contribution in [3.63, 3.8) is 0 Å². The first kappa shape index (κ1) is 18.5. The van der Waals surface area contributed by atoms with Crippen molar-refractivity contribution in [2.24, 2.45) is 11.7 Å². The van der Waals surface area contributed by atoms with Gasteiger partial charge in [0.05, 0.1) is 6.61 Å². The van der Waals surface area contributed by atoms with Crippen LogP contribution in [0.25, 0.3) is 0 Å². The molecular weight excluding hydrogens is 364 g/mol. The van der Waals surface area contributed by atoms with Crippen LogP contribution in [0.5, 0.6) is 0 Å². The Balaban J connectivity index is 1.25. The molecule has 1 aromatic rings. The van der Waals surface area contributed by atoms with Crippen LogP contribution in [0.15, 0.2) is 18.2 Å². The number of benzene rings is 1. The Morgan fingerprint density at radius 3 is 2.64 bits per heavy atom. The molecular formula is C21H27F2N3O2. The molecule has 4 aliphatic rings. The zero-order valence-electron chi connectivity index (χ0n) is 15.9. The van der Waals surface area contributed by atoms with Crippen LogP contribution in [-0.4, -0.2) is 59.6 Å². The lowest BCUT2D eigenvalue weighted by molar-refractivity contribution is -0.133. The monoisotopic (exact) mass is 391 g/mol. The molecule has 152 valence electrons. The fourth-order valence-electron chi connectivity index (χ4n) is 5.44. The standard InChI is InChI=1S/C21H27F2N3O2/c22-13-3-4-16(23)15(9-13)20-17(24)10-14(11-28-20)25-7-5-19-18(25)6-8-26(19)21(27)12-1-2-12/h3-4,9,12,14,17-20H,1-2,5-8,10-11,24H2. The van der Waals surface area contributed by atoms with Gasteiger partial charge in [-0.15, -0.1) is 0 Å². The number of nitrogens with zero attached hydrogens (tertiary/aromatic N) is 2. The van der Waals surface area contributed by atoms with Gasteiger partial charge in [-0.1, -0.05) is 0 Å². The summed E-state index contributed by atoms with van der Waals surface area (Å²) in [5.41, 5.74) is 6.54. The molecule has 0 aromatic heterocycles. The minimum absolute atomic E-state index is 0.161. The van der Waals surface area contributed by atoms with Crippen molar-refractivity contribution in [1.82, 2.24) is 9.80 Å². The van der Waals surface area contributed by atoms with Gasteiger partial charge in [-0.05, 0) is 50.3 Å². The molecule has 5 unspecified atom stereocenters. The Kier molecular flexibility index (Phi) is 4.64. The van der Waals surface area contributed by atoms with E-state index in [9.17, 15) is 13.6 Å². The molecule has 2 N–H and O–H groups in total. The SMILES string of the molecule is NC1CC(N2CCC3C2CCN3C(=O)C2CC2)COC1c1cc(F)ccc1F. The maximum Gasteiger partial charge on any atom is 0.225 e. The summed E-state index contributed by atoms with van der Waals surface area (Å²) in [5, 5.41) is 0. The lowest BCUT2D eigenvalue weighted by Crippen LogP contribution is -2.51. The molecule has 0 spiro atoms. The van der Waals surface area contributed by atoms with E-state index in [-0.39, 0.29) is 23.6 Å². The second kappa shape index (κ2) is 7.04. The number of hydrogen-bond donors (Lipinski definition) is 1. The molecule has 3 heterocycles. The van der Waals surface area contributed by atoms with E-state index in [1.165, 1.54) is 6.07 Å². The number of carbonyl (C=O) groups is 1. The number of amides is 1. The molecule has 3 saturated heterocycles. The smallest absolute Gasteiger partial charge is 0.225 e. The fraction of sp³-hybridized carbons (Fsp3) is 0.667. The van der Waals surface area contributed by atoms with Crippen LogP contribution in [0.2, 0.25) is 0 Å². The maximum atomic E-state index is 14.1. The van der Waals surface area contributed by atoms with Crippen LogP contribution >= 0.6 is 0 Å². The van der Waals surface area contributed by atoms with E-state index in [1.54, 1.807) is 0 Å². The average molecular weight is 391 g/mol. The topological polar surface area (TPSA) is 58.8 Å². The number of halogens is 2. The van der Waals surface area contributed by atoms with Crippen LogP contribution in [0.1, 0.15) is 43.8 Å². The lowest BCUT2D eigenvalue weighted by Gasteiger charge is -2.40. The Labute approximate surface area is 163 Å². The normalized spacial score (nSPS) is 36.0. The fourth-order valence-corrected chi connectivity index (χ4v) is 5.44. The van der Waals surface area contributed by atoms with Crippen LogP contribution in [-0.2, 0) is 9.53 Å². The highest BCUT2D eigenvalue weighted by atomic mass is 19.1. The molecule has 3 aliphatic heterocycles. The van der Waals surface area contributed by atoms with Crippen molar-refractivity contribution in [2.45, 2.75) is 62.4 Å². The molecule has 4 fully saturated rings. The van der Waals surface area contributed by atoms with E-state index in [2.05, 4.69) is 9.80 Å². The second-order valence-electron chi connectivity index (χ2n) is 8.73. The number of likely N-dealkylation sites (tertiary alicyclic amines) is 2. The van der Waals surface area contributed by atoms with Gasteiger partial charge in [0.1, 0.15) is 17.7 Å². The van der Waals surface area contributed by atoms with Crippen LogP contribution < -0.4 is 5.73 Å². The number of hydrogen-bond acceptors (Lipinski definition) is 4. The summed E-state index contributed by atoms with van der Waals surface area (Å²) in [4.78, 5) is 17.1. The molecule has 1 aromatic carbocycles. The number of nitrogens with two attached hydrogens (primary N) is 1. The lowest BCUT2D eigenvalue weighted by atomic mass is 9.93. The predicted octanol–water partition coefficient (Wildman–Crippen LogP) is 2.21. The largest absolute Gasteiger partial charge is 0.370 e. The third kappa shape index (κ3) is 3.13. The van der Waals surface area contributed by atoms with Gasteiger partial charge in [-0.3, -0.25) is 9.69 Å². The van der Waals surface area contributed by atoms with Crippen LogP contribution in [0.3, 0.4) is 0 Å². The van der Waals surface area contributed by atoms with Gasteiger partial charge < -0.3 is 15.4 Å². The maximum absolute atomic E-state index is 14.1. The first-order valence-electron chi connectivity index (χ1n) is 10.4. The van der Waals surface area contributed by atoms with Crippen molar-refractivity contribution in [2.75, 3.05) is 19.7 Å². The van der Waals surface area contributed by atoms with E-state index in [1.807, 2.05) is 0 Å². The third-order valence-corrected chi connectivity index (χ3v) is 6.96. The van der Waals surface area contributed by atoms with E-state index < -0.39 is 17.7 Å². The van der Waals surface area contributed by atoms with Crippen molar-refractivity contribution < 1.29 is 18.3 Å². The van der Waals surface area contributed by atoms with Gasteiger partial charge >= 0.3 is 0 Å². The van der Waals surface area contributed by atoms with Gasteiger partial charge in [0.2, 0.25) is 5.91 Å². The highest BCUT2D eigenvalue weighted by Gasteiger charge is 2.49. The van der Waals surface area contributed by atoms with Crippen LogP contribution in [0, 0.1) is 17.6 Å². The highest BCUT2D eigenvalue weighted by molar-refractivity contribution is 5.81. The van der Waals surface area contributed by atoms with E-state index in [0.29, 0.717) is 31.0 Å². The number of ether oxygens (including phenoxy) is 1. The molecule has 0 bridgehead atoms. The molecule has 7 heteroatoms.